The van der Waals surface area contributed by atoms with Crippen molar-refractivity contribution in [2.45, 2.75) is 52.5 Å². The van der Waals surface area contributed by atoms with Gasteiger partial charge in [-0.15, -0.1) is 0 Å². The summed E-state index contributed by atoms with van der Waals surface area (Å²) in [7, 11) is 1.78. The average Bonchev–Trinajstić information content (AvgIpc) is 2.84. The number of ether oxygens (including phenoxy) is 1. The molecule has 1 fully saturated rings. The van der Waals surface area contributed by atoms with E-state index >= 15 is 0 Å². The van der Waals surface area contributed by atoms with Gasteiger partial charge in [0.2, 0.25) is 0 Å². The van der Waals surface area contributed by atoms with Crippen LogP contribution >= 0.6 is 0 Å². The summed E-state index contributed by atoms with van der Waals surface area (Å²) < 4.78 is 5.53. The molecule has 2 atom stereocenters. The van der Waals surface area contributed by atoms with Crippen LogP contribution in [0.3, 0.4) is 0 Å². The molecule has 2 unspecified atom stereocenters. The van der Waals surface area contributed by atoms with E-state index in [1.165, 1.54) is 30.4 Å². The van der Waals surface area contributed by atoms with Crippen molar-refractivity contribution in [1.82, 2.24) is 5.32 Å². The molecule has 1 aliphatic rings. The maximum atomic E-state index is 5.53. The van der Waals surface area contributed by atoms with E-state index in [1.54, 1.807) is 7.11 Å². The quantitative estimate of drug-likeness (QED) is 0.848. The lowest BCUT2D eigenvalue weighted by atomic mass is 9.88. The molecule has 0 radical (unpaired) electrons. The maximum absolute atomic E-state index is 5.53. The van der Waals surface area contributed by atoms with Crippen LogP contribution in [0.1, 0.15) is 44.2 Å². The molecule has 1 N–H and O–H groups in total. The maximum Gasteiger partial charge on any atom is 0.122 e. The second-order valence-electron chi connectivity index (χ2n) is 6.53. The number of hydrogen-bond donors (Lipinski definition) is 1. The minimum absolute atomic E-state index is 0.588. The van der Waals surface area contributed by atoms with Gasteiger partial charge >= 0.3 is 0 Å². The van der Waals surface area contributed by atoms with Crippen LogP contribution in [0.25, 0.3) is 0 Å². The Bertz CT molecular complexity index is 427. The molecule has 20 heavy (non-hydrogen) atoms. The summed E-state index contributed by atoms with van der Waals surface area (Å²) in [6, 6.07) is 7.13. The van der Waals surface area contributed by atoms with Crippen molar-refractivity contribution in [3.8, 4) is 5.75 Å². The SMILES string of the molecule is COc1ccc(C)cc1CC1CCCC1CNC(C)C. The molecule has 0 aromatic heterocycles. The number of rotatable bonds is 6. The Hall–Kier alpha value is -1.02. The van der Waals surface area contributed by atoms with Gasteiger partial charge in [-0.3, -0.25) is 0 Å². The lowest BCUT2D eigenvalue weighted by molar-refractivity contribution is 0.346. The normalized spacial score (nSPS) is 22.4. The van der Waals surface area contributed by atoms with Crippen LogP contribution in [0.2, 0.25) is 0 Å². The van der Waals surface area contributed by atoms with Crippen molar-refractivity contribution < 1.29 is 4.74 Å². The fourth-order valence-corrected chi connectivity index (χ4v) is 3.39. The zero-order valence-electron chi connectivity index (χ0n) is 13.4. The van der Waals surface area contributed by atoms with Crippen LogP contribution in [0.5, 0.6) is 5.75 Å². The first-order chi connectivity index (χ1) is 9.60. The summed E-state index contributed by atoms with van der Waals surface area (Å²) in [5.74, 6) is 2.68. The Kier molecular flexibility index (Phi) is 5.47. The Morgan fingerprint density at radius 2 is 2.00 bits per heavy atom. The topological polar surface area (TPSA) is 21.3 Å². The van der Waals surface area contributed by atoms with E-state index in [2.05, 4.69) is 44.3 Å². The van der Waals surface area contributed by atoms with Crippen molar-refractivity contribution in [2.75, 3.05) is 13.7 Å². The van der Waals surface area contributed by atoms with Gasteiger partial charge in [-0.1, -0.05) is 38.0 Å². The highest BCUT2D eigenvalue weighted by atomic mass is 16.5. The van der Waals surface area contributed by atoms with E-state index in [0.29, 0.717) is 6.04 Å². The van der Waals surface area contributed by atoms with Crippen LogP contribution in [0.15, 0.2) is 18.2 Å². The predicted molar refractivity (Wildman–Crippen MR) is 85.4 cm³/mol. The third-order valence-electron chi connectivity index (χ3n) is 4.52. The zero-order valence-corrected chi connectivity index (χ0v) is 13.4. The summed E-state index contributed by atoms with van der Waals surface area (Å²) in [6.45, 7) is 7.78. The molecule has 0 aliphatic heterocycles. The van der Waals surface area contributed by atoms with E-state index in [1.807, 2.05) is 0 Å². The van der Waals surface area contributed by atoms with Gasteiger partial charge in [0.05, 0.1) is 7.11 Å². The first-order valence-electron chi connectivity index (χ1n) is 7.97. The largest absolute Gasteiger partial charge is 0.496 e. The molecule has 0 heterocycles. The molecule has 1 aromatic carbocycles. The second-order valence-corrected chi connectivity index (χ2v) is 6.53. The lowest BCUT2D eigenvalue weighted by Crippen LogP contribution is -2.31. The summed E-state index contributed by atoms with van der Waals surface area (Å²) in [5, 5.41) is 3.61. The van der Waals surface area contributed by atoms with Crippen LogP contribution in [0.4, 0.5) is 0 Å². The molecular formula is C18H29NO. The molecule has 1 saturated carbocycles. The molecule has 2 nitrogen and oxygen atoms in total. The molecule has 0 amide bonds. The average molecular weight is 275 g/mol. The van der Waals surface area contributed by atoms with Gasteiger partial charge in [0.1, 0.15) is 5.75 Å². The molecule has 0 saturated heterocycles. The number of aryl methyl sites for hydroxylation is 1. The predicted octanol–water partition coefficient (Wildman–Crippen LogP) is 3.96. The van der Waals surface area contributed by atoms with E-state index in [-0.39, 0.29) is 0 Å². The minimum atomic E-state index is 0.588. The second kappa shape index (κ2) is 7.12. The Balaban J connectivity index is 2.02. The van der Waals surface area contributed by atoms with Gasteiger partial charge in [0.25, 0.3) is 0 Å². The molecule has 1 aliphatic carbocycles. The van der Waals surface area contributed by atoms with Crippen LogP contribution in [0, 0.1) is 18.8 Å². The monoisotopic (exact) mass is 275 g/mol. The van der Waals surface area contributed by atoms with Crippen molar-refractivity contribution in [3.63, 3.8) is 0 Å². The summed E-state index contributed by atoms with van der Waals surface area (Å²) >= 11 is 0. The number of nitrogens with one attached hydrogen (secondary N) is 1. The van der Waals surface area contributed by atoms with Crippen LogP contribution in [-0.2, 0) is 6.42 Å². The Morgan fingerprint density at radius 1 is 1.25 bits per heavy atom. The fourth-order valence-electron chi connectivity index (χ4n) is 3.39. The van der Waals surface area contributed by atoms with Crippen molar-refractivity contribution in [2.24, 2.45) is 11.8 Å². The first-order valence-corrected chi connectivity index (χ1v) is 7.97. The molecule has 1 aromatic rings. The minimum Gasteiger partial charge on any atom is -0.496 e. The molecule has 2 heteroatoms. The van der Waals surface area contributed by atoms with Crippen molar-refractivity contribution in [1.29, 1.82) is 0 Å². The molecule has 2 rings (SSSR count). The molecule has 112 valence electrons. The van der Waals surface area contributed by atoms with Crippen molar-refractivity contribution >= 4 is 0 Å². The van der Waals surface area contributed by atoms with Gasteiger partial charge in [-0.2, -0.15) is 0 Å². The Labute approximate surface area is 123 Å². The van der Waals surface area contributed by atoms with E-state index in [0.717, 1.165) is 30.6 Å². The van der Waals surface area contributed by atoms with Crippen LogP contribution < -0.4 is 10.1 Å². The highest BCUT2D eigenvalue weighted by molar-refractivity contribution is 5.37. The third-order valence-corrected chi connectivity index (χ3v) is 4.52. The van der Waals surface area contributed by atoms with Gasteiger partial charge in [0.15, 0.2) is 0 Å². The summed E-state index contributed by atoms with van der Waals surface area (Å²) in [5.41, 5.74) is 2.71. The van der Waals surface area contributed by atoms with Gasteiger partial charge in [0, 0.05) is 6.04 Å². The van der Waals surface area contributed by atoms with Crippen LogP contribution in [-0.4, -0.2) is 19.7 Å². The first kappa shape index (κ1) is 15.4. The van der Waals surface area contributed by atoms with Gasteiger partial charge < -0.3 is 10.1 Å². The highest BCUT2D eigenvalue weighted by Gasteiger charge is 2.27. The number of hydrogen-bond acceptors (Lipinski definition) is 2. The van der Waals surface area contributed by atoms with Gasteiger partial charge in [-0.05, 0) is 56.2 Å². The zero-order chi connectivity index (χ0) is 14.5. The summed E-state index contributed by atoms with van der Waals surface area (Å²) in [4.78, 5) is 0. The van der Waals surface area contributed by atoms with Gasteiger partial charge in [-0.25, -0.2) is 0 Å². The molecule has 0 spiro atoms. The van der Waals surface area contributed by atoms with E-state index < -0.39 is 0 Å². The highest BCUT2D eigenvalue weighted by Crippen LogP contribution is 2.36. The third kappa shape index (κ3) is 3.99. The summed E-state index contributed by atoms with van der Waals surface area (Å²) in [6.07, 6.45) is 5.28. The standard InChI is InChI=1S/C18H29NO/c1-13(2)19-12-16-7-5-6-15(16)11-17-10-14(3)8-9-18(17)20-4/h8-10,13,15-16,19H,5-7,11-12H2,1-4H3. The number of methoxy groups -OCH3 is 1. The Morgan fingerprint density at radius 3 is 2.70 bits per heavy atom. The lowest BCUT2D eigenvalue weighted by Gasteiger charge is -2.22. The smallest absolute Gasteiger partial charge is 0.122 e. The molecule has 0 bridgehead atoms. The number of benzene rings is 1. The van der Waals surface area contributed by atoms with Crippen molar-refractivity contribution in [3.05, 3.63) is 29.3 Å². The van der Waals surface area contributed by atoms with E-state index in [9.17, 15) is 0 Å². The molecular weight excluding hydrogens is 246 g/mol. The fraction of sp³-hybridized carbons (Fsp3) is 0.667. The van der Waals surface area contributed by atoms with E-state index in [4.69, 9.17) is 4.74 Å².